The van der Waals surface area contributed by atoms with Crippen LogP contribution in [-0.2, 0) is 11.0 Å². The van der Waals surface area contributed by atoms with Crippen LogP contribution >= 0.6 is 0 Å². The number of piperazine rings is 1. The van der Waals surface area contributed by atoms with Crippen LogP contribution in [0.3, 0.4) is 0 Å². The summed E-state index contributed by atoms with van der Waals surface area (Å²) in [7, 11) is 0. The molecule has 1 fully saturated rings. The highest BCUT2D eigenvalue weighted by Gasteiger charge is 2.39. The summed E-state index contributed by atoms with van der Waals surface area (Å²) in [4.78, 5) is 22.0. The van der Waals surface area contributed by atoms with Gasteiger partial charge in [0, 0.05) is 49.2 Å². The number of guanidine groups is 1. The van der Waals surface area contributed by atoms with Crippen molar-refractivity contribution < 1.29 is 36.9 Å². The number of carbonyl (C=O) groups is 1. The lowest BCUT2D eigenvalue weighted by atomic mass is 9.97. The molecule has 3 aliphatic rings. The first-order chi connectivity index (χ1) is 19.2. The molecule has 0 spiro atoms. The Morgan fingerprint density at radius 3 is 2.40 bits per heavy atom. The van der Waals surface area contributed by atoms with Gasteiger partial charge in [0.05, 0.1) is 18.0 Å². The molecule has 3 heterocycles. The van der Waals surface area contributed by atoms with Crippen molar-refractivity contribution in [3.63, 3.8) is 0 Å². The first-order valence-electron chi connectivity index (χ1n) is 12.6. The molecule has 0 aliphatic carbocycles. The predicted molar refractivity (Wildman–Crippen MR) is 139 cm³/mol. The molecule has 0 bridgehead atoms. The zero-order valence-electron chi connectivity index (χ0n) is 21.1. The summed E-state index contributed by atoms with van der Waals surface area (Å²) in [5, 5.41) is 9.75. The molecule has 12 heteroatoms. The van der Waals surface area contributed by atoms with Gasteiger partial charge in [-0.25, -0.2) is 9.38 Å². The number of aliphatic carboxylic acids is 1. The Morgan fingerprint density at radius 1 is 0.925 bits per heavy atom. The summed E-state index contributed by atoms with van der Waals surface area (Å²) >= 11 is 0. The summed E-state index contributed by atoms with van der Waals surface area (Å²) in [5.74, 6) is -0.288. The van der Waals surface area contributed by atoms with Crippen molar-refractivity contribution in [1.82, 2.24) is 4.90 Å². The lowest BCUT2D eigenvalue weighted by Gasteiger charge is -2.45. The van der Waals surface area contributed by atoms with E-state index in [-0.39, 0.29) is 24.1 Å². The van der Waals surface area contributed by atoms with Gasteiger partial charge in [-0.2, -0.15) is 13.2 Å². The van der Waals surface area contributed by atoms with Gasteiger partial charge in [0.1, 0.15) is 11.5 Å². The number of ether oxygens (including phenoxy) is 2. The van der Waals surface area contributed by atoms with Crippen LogP contribution in [0.1, 0.15) is 23.6 Å². The number of alkyl halides is 3. The summed E-state index contributed by atoms with van der Waals surface area (Å²) < 4.78 is 66.8. The maximum absolute atomic E-state index is 15.0. The van der Waals surface area contributed by atoms with Gasteiger partial charge in [-0.05, 0) is 36.4 Å². The maximum Gasteiger partial charge on any atom is 0.416 e. The van der Waals surface area contributed by atoms with Gasteiger partial charge in [0.2, 0.25) is 12.8 Å². The Morgan fingerprint density at radius 2 is 1.65 bits per heavy atom. The molecule has 40 heavy (non-hydrogen) atoms. The van der Waals surface area contributed by atoms with E-state index in [1.807, 2.05) is 23.1 Å². The molecule has 1 unspecified atom stereocenters. The third-order valence-electron chi connectivity index (χ3n) is 7.22. The average molecular weight is 557 g/mol. The molecule has 3 aliphatic heterocycles. The molecule has 0 radical (unpaired) electrons. The van der Waals surface area contributed by atoms with E-state index in [0.29, 0.717) is 43.2 Å². The van der Waals surface area contributed by atoms with Crippen LogP contribution in [0.5, 0.6) is 11.5 Å². The number of halogens is 4. The summed E-state index contributed by atoms with van der Waals surface area (Å²) in [6, 6.07) is 13.6. The molecule has 1 saturated heterocycles. The second-order valence-electron chi connectivity index (χ2n) is 9.63. The molecule has 0 amide bonds. The molecule has 208 valence electrons. The fraction of sp³-hybridized carbons (Fsp3) is 0.286. The van der Waals surface area contributed by atoms with Crippen LogP contribution in [0.4, 0.5) is 34.6 Å². The quantitative estimate of drug-likeness (QED) is 0.430. The van der Waals surface area contributed by atoms with Crippen molar-refractivity contribution in [3.05, 3.63) is 77.6 Å². The van der Waals surface area contributed by atoms with Crippen LogP contribution in [-0.4, -0.2) is 54.9 Å². The fourth-order valence-electron chi connectivity index (χ4n) is 5.31. The van der Waals surface area contributed by atoms with Gasteiger partial charge in [0.25, 0.3) is 0 Å². The first-order valence-corrected chi connectivity index (χ1v) is 12.6. The number of nitrogens with zero attached hydrogens (tertiary/aromatic N) is 4. The van der Waals surface area contributed by atoms with E-state index in [0.717, 1.165) is 17.8 Å². The van der Waals surface area contributed by atoms with Gasteiger partial charge in [0.15, 0.2) is 11.5 Å². The molecule has 8 nitrogen and oxygen atoms in total. The maximum atomic E-state index is 15.0. The normalized spacial score (nSPS) is 18.4. The Balaban J connectivity index is 1.37. The molecule has 6 rings (SSSR count). The summed E-state index contributed by atoms with van der Waals surface area (Å²) in [6.07, 6.45) is -5.07. The van der Waals surface area contributed by atoms with Crippen molar-refractivity contribution in [1.29, 1.82) is 0 Å². The van der Waals surface area contributed by atoms with E-state index in [1.54, 1.807) is 6.07 Å². The summed E-state index contributed by atoms with van der Waals surface area (Å²) in [5.41, 5.74) is 0.445. The van der Waals surface area contributed by atoms with Crippen molar-refractivity contribution in [2.75, 3.05) is 42.8 Å². The highest BCUT2D eigenvalue weighted by Crippen LogP contribution is 2.43. The number of benzene rings is 3. The van der Waals surface area contributed by atoms with Gasteiger partial charge in [-0.1, -0.05) is 18.2 Å². The van der Waals surface area contributed by atoms with E-state index in [4.69, 9.17) is 9.47 Å². The molecular weight excluding hydrogens is 532 g/mol. The highest BCUT2D eigenvalue weighted by atomic mass is 19.4. The molecule has 1 N–H and O–H groups in total. The van der Waals surface area contributed by atoms with Crippen LogP contribution in [0, 0.1) is 5.82 Å². The topological polar surface area (TPSA) is 77.8 Å². The van der Waals surface area contributed by atoms with E-state index < -0.39 is 36.0 Å². The number of para-hydroxylation sites is 1. The highest BCUT2D eigenvalue weighted by molar-refractivity contribution is 6.01. The first kappa shape index (κ1) is 25.8. The number of carboxylic acids is 1. The Labute approximate surface area is 226 Å². The van der Waals surface area contributed by atoms with Gasteiger partial charge >= 0.3 is 12.1 Å². The number of anilines is 2. The van der Waals surface area contributed by atoms with Crippen molar-refractivity contribution in [3.8, 4) is 11.5 Å². The van der Waals surface area contributed by atoms with Crippen molar-refractivity contribution in [2.24, 2.45) is 4.99 Å². The zero-order valence-corrected chi connectivity index (χ0v) is 21.1. The standard InChI is InChI=1S/C28H24F4N4O4/c29-21-6-2-5-20-22(15-25(37)38)36(19-4-1-3-17(13-19)28(30,31)32)27(33-26(20)21)35-11-9-34(10-12-35)18-7-8-23-24(14-18)40-16-39-23/h1-8,13-14,22H,9-12,15-16H2,(H,37,38). The molecule has 3 aromatic rings. The zero-order chi connectivity index (χ0) is 28.0. The number of hydrogen-bond donors (Lipinski definition) is 1. The smallest absolute Gasteiger partial charge is 0.416 e. The molecule has 0 aromatic heterocycles. The number of aliphatic imine (C=N–C) groups is 1. The third-order valence-corrected chi connectivity index (χ3v) is 7.22. The second kappa shape index (κ2) is 9.92. The van der Waals surface area contributed by atoms with Crippen LogP contribution in [0.25, 0.3) is 0 Å². The minimum atomic E-state index is -4.61. The van der Waals surface area contributed by atoms with E-state index >= 15 is 0 Å². The lowest BCUT2D eigenvalue weighted by Crippen LogP contribution is -2.55. The minimum absolute atomic E-state index is 0.00910. The van der Waals surface area contributed by atoms with Crippen LogP contribution in [0.15, 0.2) is 65.7 Å². The number of carboxylic acid groups (broad SMARTS) is 1. The average Bonchev–Trinajstić information content (AvgIpc) is 3.41. The number of fused-ring (bicyclic) bond motifs is 2. The number of rotatable bonds is 4. The molecule has 1 atom stereocenters. The fourth-order valence-corrected chi connectivity index (χ4v) is 5.31. The van der Waals surface area contributed by atoms with Crippen LogP contribution in [0.2, 0.25) is 0 Å². The lowest BCUT2D eigenvalue weighted by molar-refractivity contribution is -0.138. The Hall–Kier alpha value is -4.48. The van der Waals surface area contributed by atoms with E-state index in [9.17, 15) is 27.5 Å². The number of hydrogen-bond acceptors (Lipinski definition) is 7. The van der Waals surface area contributed by atoms with Crippen molar-refractivity contribution in [2.45, 2.75) is 18.6 Å². The van der Waals surface area contributed by atoms with Gasteiger partial charge in [-0.15, -0.1) is 0 Å². The summed E-state index contributed by atoms with van der Waals surface area (Å²) in [6.45, 7) is 2.04. The van der Waals surface area contributed by atoms with E-state index in [1.165, 1.54) is 29.2 Å². The minimum Gasteiger partial charge on any atom is -0.481 e. The Bertz CT molecular complexity index is 1490. The monoisotopic (exact) mass is 556 g/mol. The van der Waals surface area contributed by atoms with Crippen molar-refractivity contribution >= 4 is 29.0 Å². The largest absolute Gasteiger partial charge is 0.481 e. The van der Waals surface area contributed by atoms with Gasteiger partial charge < -0.3 is 29.3 Å². The SMILES string of the molecule is O=C(O)CC1c2cccc(F)c2N=C(N2CCN(c3ccc4c(c3)OCO4)CC2)N1c1cccc(C(F)(F)F)c1. The predicted octanol–water partition coefficient (Wildman–Crippen LogP) is 5.42. The second-order valence-corrected chi connectivity index (χ2v) is 9.63. The van der Waals surface area contributed by atoms with E-state index in [2.05, 4.69) is 9.89 Å². The van der Waals surface area contributed by atoms with Gasteiger partial charge in [-0.3, -0.25) is 4.79 Å². The molecular formula is C28H24F4N4O4. The Kier molecular flexibility index (Phi) is 6.40. The molecule has 3 aromatic carbocycles. The molecule has 0 saturated carbocycles. The third kappa shape index (κ3) is 4.74. The van der Waals surface area contributed by atoms with Crippen LogP contribution < -0.4 is 19.3 Å².